The quantitative estimate of drug-likeness (QED) is 0.630. The van der Waals surface area contributed by atoms with E-state index in [0.717, 1.165) is 11.3 Å². The topological polar surface area (TPSA) is 76.7 Å². The molecule has 0 spiro atoms. The first-order valence-electron chi connectivity index (χ1n) is 9.99. The average molecular weight is 392 g/mol. The van der Waals surface area contributed by atoms with Gasteiger partial charge in [-0.3, -0.25) is 0 Å². The molecule has 0 aliphatic carbocycles. The number of nitrogens with zero attached hydrogens (tertiary/aromatic N) is 2. The number of carbonyl (C=O) groups excluding carboxylic acids is 2. The van der Waals surface area contributed by atoms with Gasteiger partial charge in [0.25, 0.3) is 0 Å². The lowest BCUT2D eigenvalue weighted by Crippen LogP contribution is -2.48. The monoisotopic (exact) mass is 391 g/mol. The van der Waals surface area contributed by atoms with Crippen LogP contribution in [-0.4, -0.2) is 49.7 Å². The highest BCUT2D eigenvalue weighted by atomic mass is 16.2. The third-order valence-corrected chi connectivity index (χ3v) is 4.63. The summed E-state index contributed by atoms with van der Waals surface area (Å²) in [7, 11) is 3.94. The van der Waals surface area contributed by atoms with E-state index in [1.54, 1.807) is 0 Å². The molecular weight excluding hydrogens is 354 g/mol. The largest absolute Gasteiger partial charge is 0.377 e. The van der Waals surface area contributed by atoms with Crippen LogP contribution in [0.5, 0.6) is 0 Å². The van der Waals surface area contributed by atoms with Crippen molar-refractivity contribution in [1.29, 1.82) is 0 Å². The van der Waals surface area contributed by atoms with Gasteiger partial charge in [0.15, 0.2) is 0 Å². The van der Waals surface area contributed by atoms with E-state index in [9.17, 15) is 9.59 Å². The standard InChI is InChI=1S/C21H37N5O2/c1-9-22-20(27)24-18-10-11-19(25(7)8)17(12-18)13-26(16(6)14(2)3)21(28)23-15(4)5/h10-12,14-16H,9,13H2,1-8H3,(H,23,28)(H2,22,24,27)/t16-/m1/s1. The molecule has 0 fully saturated rings. The molecule has 0 heterocycles. The van der Waals surface area contributed by atoms with Gasteiger partial charge in [-0.05, 0) is 57.4 Å². The maximum absolute atomic E-state index is 12.9. The molecule has 1 aromatic carbocycles. The summed E-state index contributed by atoms with van der Waals surface area (Å²) in [5.41, 5.74) is 2.69. The zero-order valence-corrected chi connectivity index (χ0v) is 18.6. The molecule has 3 N–H and O–H groups in total. The zero-order chi connectivity index (χ0) is 21.4. The molecule has 0 aromatic heterocycles. The van der Waals surface area contributed by atoms with Crippen molar-refractivity contribution in [1.82, 2.24) is 15.5 Å². The molecule has 0 saturated carbocycles. The van der Waals surface area contributed by atoms with Crippen LogP contribution in [0.4, 0.5) is 21.0 Å². The summed E-state index contributed by atoms with van der Waals surface area (Å²) in [5, 5.41) is 8.58. The van der Waals surface area contributed by atoms with Crippen molar-refractivity contribution in [2.45, 2.75) is 60.2 Å². The number of amides is 4. The Morgan fingerprint density at radius 3 is 2.21 bits per heavy atom. The fraction of sp³-hybridized carbons (Fsp3) is 0.619. The summed E-state index contributed by atoms with van der Waals surface area (Å²) >= 11 is 0. The minimum atomic E-state index is -0.240. The third kappa shape index (κ3) is 6.94. The summed E-state index contributed by atoms with van der Waals surface area (Å²) in [5.74, 6) is 0.317. The minimum absolute atomic E-state index is 0.0634. The number of anilines is 2. The van der Waals surface area contributed by atoms with Gasteiger partial charge in [-0.1, -0.05) is 13.8 Å². The predicted octanol–water partition coefficient (Wildman–Crippen LogP) is 3.86. The molecule has 0 aliphatic rings. The molecule has 1 rings (SSSR count). The van der Waals surface area contributed by atoms with E-state index < -0.39 is 0 Å². The van der Waals surface area contributed by atoms with Gasteiger partial charge in [0.1, 0.15) is 0 Å². The van der Waals surface area contributed by atoms with Gasteiger partial charge in [-0.25, -0.2) is 9.59 Å². The Morgan fingerprint density at radius 2 is 1.71 bits per heavy atom. The van der Waals surface area contributed by atoms with Crippen LogP contribution in [-0.2, 0) is 6.54 Å². The Balaban J connectivity index is 3.23. The summed E-state index contributed by atoms with van der Waals surface area (Å²) in [6.45, 7) is 13.1. The molecule has 0 saturated heterocycles. The van der Waals surface area contributed by atoms with Crippen molar-refractivity contribution < 1.29 is 9.59 Å². The molecule has 158 valence electrons. The number of carbonyl (C=O) groups is 2. The highest BCUT2D eigenvalue weighted by molar-refractivity contribution is 5.89. The normalized spacial score (nSPS) is 11.9. The molecule has 7 nitrogen and oxygen atoms in total. The lowest BCUT2D eigenvalue weighted by Gasteiger charge is -2.34. The first-order chi connectivity index (χ1) is 13.1. The fourth-order valence-electron chi connectivity index (χ4n) is 2.84. The molecule has 0 unspecified atom stereocenters. The van der Waals surface area contributed by atoms with Crippen LogP contribution in [0.2, 0.25) is 0 Å². The van der Waals surface area contributed by atoms with Crippen LogP contribution in [0.15, 0.2) is 18.2 Å². The van der Waals surface area contributed by atoms with E-state index in [1.807, 2.05) is 62.9 Å². The van der Waals surface area contributed by atoms with Crippen LogP contribution in [0.3, 0.4) is 0 Å². The van der Waals surface area contributed by atoms with Gasteiger partial charge in [0.05, 0.1) is 0 Å². The van der Waals surface area contributed by atoms with E-state index in [0.29, 0.717) is 24.7 Å². The number of nitrogens with one attached hydrogen (secondary N) is 3. The van der Waals surface area contributed by atoms with Crippen molar-refractivity contribution in [3.8, 4) is 0 Å². The number of hydrogen-bond acceptors (Lipinski definition) is 3. The highest BCUT2D eigenvalue weighted by Gasteiger charge is 2.24. The summed E-state index contributed by atoms with van der Waals surface area (Å²) in [6, 6.07) is 5.59. The molecule has 0 radical (unpaired) electrons. The van der Waals surface area contributed by atoms with Gasteiger partial charge < -0.3 is 25.8 Å². The summed E-state index contributed by atoms with van der Waals surface area (Å²) in [6.07, 6.45) is 0. The van der Waals surface area contributed by atoms with Crippen molar-refractivity contribution in [2.24, 2.45) is 5.92 Å². The molecule has 1 aromatic rings. The minimum Gasteiger partial charge on any atom is -0.377 e. The van der Waals surface area contributed by atoms with Crippen LogP contribution in [0.25, 0.3) is 0 Å². The molecule has 4 amide bonds. The van der Waals surface area contributed by atoms with E-state index in [2.05, 4.69) is 36.7 Å². The van der Waals surface area contributed by atoms with Crippen molar-refractivity contribution in [2.75, 3.05) is 30.9 Å². The van der Waals surface area contributed by atoms with E-state index in [4.69, 9.17) is 0 Å². The molecular formula is C21H37N5O2. The maximum atomic E-state index is 12.9. The third-order valence-electron chi connectivity index (χ3n) is 4.63. The lowest BCUT2D eigenvalue weighted by atomic mass is 10.0. The molecule has 7 heteroatoms. The van der Waals surface area contributed by atoms with Crippen LogP contribution >= 0.6 is 0 Å². The Morgan fingerprint density at radius 1 is 1.07 bits per heavy atom. The molecule has 28 heavy (non-hydrogen) atoms. The van der Waals surface area contributed by atoms with Crippen LogP contribution < -0.4 is 20.9 Å². The van der Waals surface area contributed by atoms with Crippen molar-refractivity contribution in [3.05, 3.63) is 23.8 Å². The predicted molar refractivity (Wildman–Crippen MR) is 117 cm³/mol. The Kier molecular flexibility index (Phi) is 9.09. The Hall–Kier alpha value is -2.44. The smallest absolute Gasteiger partial charge is 0.319 e. The maximum Gasteiger partial charge on any atom is 0.319 e. The molecule has 0 aliphatic heterocycles. The second-order valence-corrected chi connectivity index (χ2v) is 7.94. The van der Waals surface area contributed by atoms with E-state index >= 15 is 0 Å². The highest BCUT2D eigenvalue weighted by Crippen LogP contribution is 2.26. The van der Waals surface area contributed by atoms with E-state index in [-0.39, 0.29) is 24.1 Å². The zero-order valence-electron chi connectivity index (χ0n) is 18.6. The first kappa shape index (κ1) is 23.6. The number of benzene rings is 1. The Bertz CT molecular complexity index is 658. The van der Waals surface area contributed by atoms with Crippen LogP contribution in [0.1, 0.15) is 47.1 Å². The van der Waals surface area contributed by atoms with Gasteiger partial charge in [0.2, 0.25) is 0 Å². The second kappa shape index (κ2) is 10.8. The average Bonchev–Trinajstić information content (AvgIpc) is 2.58. The SMILES string of the molecule is CCNC(=O)Nc1ccc(N(C)C)c(CN(C(=O)NC(C)C)[C@H](C)C(C)C)c1. The fourth-order valence-corrected chi connectivity index (χ4v) is 2.84. The summed E-state index contributed by atoms with van der Waals surface area (Å²) in [4.78, 5) is 28.6. The molecule has 1 atom stereocenters. The van der Waals surface area contributed by atoms with Gasteiger partial charge >= 0.3 is 12.1 Å². The van der Waals surface area contributed by atoms with Crippen molar-refractivity contribution in [3.63, 3.8) is 0 Å². The summed E-state index contributed by atoms with van der Waals surface area (Å²) < 4.78 is 0. The second-order valence-electron chi connectivity index (χ2n) is 7.94. The molecule has 0 bridgehead atoms. The van der Waals surface area contributed by atoms with Gasteiger partial charge in [-0.2, -0.15) is 0 Å². The van der Waals surface area contributed by atoms with Gasteiger partial charge in [0, 0.05) is 50.6 Å². The van der Waals surface area contributed by atoms with Crippen LogP contribution in [0, 0.1) is 5.92 Å². The number of rotatable bonds is 8. The number of hydrogen-bond donors (Lipinski definition) is 3. The Labute approximate surface area is 169 Å². The first-order valence-corrected chi connectivity index (χ1v) is 9.99. The van der Waals surface area contributed by atoms with Gasteiger partial charge in [-0.15, -0.1) is 0 Å². The van der Waals surface area contributed by atoms with E-state index in [1.165, 1.54) is 0 Å². The lowest BCUT2D eigenvalue weighted by molar-refractivity contribution is 0.155. The van der Waals surface area contributed by atoms with Crippen molar-refractivity contribution >= 4 is 23.4 Å². The number of urea groups is 2.